The second kappa shape index (κ2) is 5.93. The van der Waals surface area contributed by atoms with Gasteiger partial charge in [-0.3, -0.25) is 9.79 Å². The fraction of sp³-hybridized carbons (Fsp3) is 0.118. The van der Waals surface area contributed by atoms with Gasteiger partial charge in [0, 0.05) is 10.6 Å². The van der Waals surface area contributed by atoms with Gasteiger partial charge in [-0.25, -0.2) is 14.2 Å². The molecule has 0 fully saturated rings. The first-order chi connectivity index (χ1) is 12.0. The Morgan fingerprint density at radius 3 is 2.68 bits per heavy atom. The van der Waals surface area contributed by atoms with Gasteiger partial charge >= 0.3 is 0 Å². The summed E-state index contributed by atoms with van der Waals surface area (Å²) in [5.41, 5.74) is 3.31. The molecule has 0 saturated heterocycles. The number of nitrogens with one attached hydrogen (secondary N) is 1. The summed E-state index contributed by atoms with van der Waals surface area (Å²) in [5, 5.41) is 4.40. The molecule has 0 atom stereocenters. The molecule has 8 heteroatoms. The molecule has 0 aliphatic carbocycles. The van der Waals surface area contributed by atoms with Gasteiger partial charge in [-0.2, -0.15) is 5.10 Å². The zero-order valence-corrected chi connectivity index (χ0v) is 13.5. The standard InChI is InChI=1S/C17H11ClF2N4O/c18-9-4-5-13-10(6-9)17(16-11(19)2-1-3-12(16)20)21-7-14-22-23-15(25)8-24(13)14/h1-6H,7-8H2,(H,23,25). The van der Waals surface area contributed by atoms with Crippen LogP contribution in [-0.4, -0.2) is 30.5 Å². The van der Waals surface area contributed by atoms with E-state index in [2.05, 4.69) is 15.5 Å². The number of rotatable bonds is 1. The summed E-state index contributed by atoms with van der Waals surface area (Å²) in [7, 11) is 0. The van der Waals surface area contributed by atoms with Gasteiger partial charge in [-0.15, -0.1) is 0 Å². The third kappa shape index (κ3) is 2.66. The van der Waals surface area contributed by atoms with Crippen molar-refractivity contribution in [3.63, 3.8) is 0 Å². The topological polar surface area (TPSA) is 57.1 Å². The van der Waals surface area contributed by atoms with E-state index in [-0.39, 0.29) is 30.3 Å². The van der Waals surface area contributed by atoms with Crippen LogP contribution in [0.4, 0.5) is 14.5 Å². The van der Waals surface area contributed by atoms with E-state index in [4.69, 9.17) is 11.6 Å². The molecule has 1 amide bonds. The van der Waals surface area contributed by atoms with E-state index in [1.807, 2.05) is 0 Å². The van der Waals surface area contributed by atoms with Crippen LogP contribution in [0, 0.1) is 11.6 Å². The Morgan fingerprint density at radius 1 is 1.16 bits per heavy atom. The van der Waals surface area contributed by atoms with Crippen molar-refractivity contribution >= 4 is 34.7 Å². The number of carbonyl (C=O) groups excluding carboxylic acids is 1. The Hall–Kier alpha value is -2.80. The molecule has 2 aliphatic heterocycles. The molecule has 0 spiro atoms. The predicted octanol–water partition coefficient (Wildman–Crippen LogP) is 2.72. The summed E-state index contributed by atoms with van der Waals surface area (Å²) in [6.45, 7) is 0.103. The lowest BCUT2D eigenvalue weighted by molar-refractivity contribution is -0.119. The first-order valence-corrected chi connectivity index (χ1v) is 7.84. The number of fused-ring (bicyclic) bond motifs is 3. The fourth-order valence-corrected chi connectivity index (χ4v) is 3.08. The molecule has 2 aromatic rings. The highest BCUT2D eigenvalue weighted by atomic mass is 35.5. The van der Waals surface area contributed by atoms with Crippen LogP contribution in [0.3, 0.4) is 0 Å². The van der Waals surface area contributed by atoms with Crippen molar-refractivity contribution in [2.45, 2.75) is 0 Å². The Bertz CT molecular complexity index is 937. The molecule has 5 nitrogen and oxygen atoms in total. The van der Waals surface area contributed by atoms with Crippen LogP contribution < -0.4 is 10.3 Å². The quantitative estimate of drug-likeness (QED) is 0.850. The first-order valence-electron chi connectivity index (χ1n) is 7.46. The van der Waals surface area contributed by atoms with Gasteiger partial charge in [0.1, 0.15) is 18.2 Å². The summed E-state index contributed by atoms with van der Waals surface area (Å²) in [6, 6.07) is 8.55. The summed E-state index contributed by atoms with van der Waals surface area (Å²) in [6.07, 6.45) is 0. The van der Waals surface area contributed by atoms with Crippen molar-refractivity contribution in [3.8, 4) is 0 Å². The summed E-state index contributed by atoms with van der Waals surface area (Å²) in [5.74, 6) is -1.25. The van der Waals surface area contributed by atoms with Crippen molar-refractivity contribution in [2.75, 3.05) is 18.0 Å². The number of carbonyl (C=O) groups is 1. The van der Waals surface area contributed by atoms with E-state index in [1.165, 1.54) is 18.2 Å². The normalized spacial score (nSPS) is 16.3. The van der Waals surface area contributed by atoms with Crippen molar-refractivity contribution in [1.29, 1.82) is 0 Å². The zero-order chi connectivity index (χ0) is 17.6. The second-order valence-electron chi connectivity index (χ2n) is 5.57. The molecule has 0 unspecified atom stereocenters. The monoisotopic (exact) mass is 360 g/mol. The van der Waals surface area contributed by atoms with Crippen LogP contribution in [0.1, 0.15) is 11.1 Å². The van der Waals surface area contributed by atoms with E-state index < -0.39 is 11.6 Å². The van der Waals surface area contributed by atoms with Crippen molar-refractivity contribution in [1.82, 2.24) is 5.43 Å². The highest BCUT2D eigenvalue weighted by Gasteiger charge is 2.30. The van der Waals surface area contributed by atoms with E-state index in [1.54, 1.807) is 23.1 Å². The largest absolute Gasteiger partial charge is 0.317 e. The number of amides is 1. The number of aliphatic imine (C=N–C) groups is 1. The van der Waals surface area contributed by atoms with Crippen LogP contribution >= 0.6 is 11.6 Å². The predicted molar refractivity (Wildman–Crippen MR) is 91.2 cm³/mol. The Morgan fingerprint density at radius 2 is 1.92 bits per heavy atom. The van der Waals surface area contributed by atoms with Crippen LogP contribution in [0.2, 0.25) is 5.02 Å². The van der Waals surface area contributed by atoms with Gasteiger partial charge in [0.05, 0.1) is 23.5 Å². The molecule has 0 radical (unpaired) electrons. The minimum Gasteiger partial charge on any atom is -0.317 e. The maximum absolute atomic E-state index is 14.3. The number of nitrogens with zero attached hydrogens (tertiary/aromatic N) is 3. The molecule has 1 N–H and O–H groups in total. The molecule has 2 heterocycles. The molecule has 126 valence electrons. The lowest BCUT2D eigenvalue weighted by atomic mass is 9.99. The van der Waals surface area contributed by atoms with Crippen LogP contribution in [0.25, 0.3) is 0 Å². The molecule has 25 heavy (non-hydrogen) atoms. The van der Waals surface area contributed by atoms with Gasteiger partial charge in [-0.1, -0.05) is 17.7 Å². The van der Waals surface area contributed by atoms with E-state index in [0.29, 0.717) is 22.1 Å². The highest BCUT2D eigenvalue weighted by Crippen LogP contribution is 2.31. The number of hydrogen-bond donors (Lipinski definition) is 1. The lowest BCUT2D eigenvalue weighted by Gasteiger charge is -2.28. The third-order valence-corrected chi connectivity index (χ3v) is 4.24. The van der Waals surface area contributed by atoms with E-state index >= 15 is 0 Å². The maximum Gasteiger partial charge on any atom is 0.260 e. The lowest BCUT2D eigenvalue weighted by Crippen LogP contribution is -2.46. The molecule has 0 saturated carbocycles. The van der Waals surface area contributed by atoms with Gasteiger partial charge in [-0.05, 0) is 30.3 Å². The number of halogens is 3. The molecule has 0 bridgehead atoms. The number of amidine groups is 1. The van der Waals surface area contributed by atoms with Crippen LogP contribution in [0.15, 0.2) is 46.5 Å². The molecule has 2 aromatic carbocycles. The molecular formula is C17H11ClF2N4O. The van der Waals surface area contributed by atoms with Crippen LogP contribution in [-0.2, 0) is 4.79 Å². The molecule has 0 aromatic heterocycles. The maximum atomic E-state index is 14.3. The minimum absolute atomic E-state index is 0.0377. The summed E-state index contributed by atoms with van der Waals surface area (Å²) < 4.78 is 28.7. The van der Waals surface area contributed by atoms with Gasteiger partial charge in [0.25, 0.3) is 5.91 Å². The highest BCUT2D eigenvalue weighted by molar-refractivity contribution is 6.32. The van der Waals surface area contributed by atoms with Gasteiger partial charge in [0.15, 0.2) is 5.84 Å². The molecule has 4 rings (SSSR count). The second-order valence-corrected chi connectivity index (χ2v) is 6.01. The van der Waals surface area contributed by atoms with Gasteiger partial charge < -0.3 is 4.90 Å². The molecular weight excluding hydrogens is 350 g/mol. The number of anilines is 1. The Balaban J connectivity index is 1.97. The fourth-order valence-electron chi connectivity index (χ4n) is 2.91. The first kappa shape index (κ1) is 15.7. The number of hydrazone groups is 1. The zero-order valence-electron chi connectivity index (χ0n) is 12.8. The number of benzene rings is 2. The Labute approximate surface area is 146 Å². The average molecular weight is 361 g/mol. The van der Waals surface area contributed by atoms with E-state index in [0.717, 1.165) is 0 Å². The Kier molecular flexibility index (Phi) is 3.73. The van der Waals surface area contributed by atoms with Crippen molar-refractivity contribution < 1.29 is 13.6 Å². The van der Waals surface area contributed by atoms with Gasteiger partial charge in [0.2, 0.25) is 0 Å². The SMILES string of the molecule is O=C1CN2C(=NN1)CN=C(c1c(F)cccc1F)c1cc(Cl)ccc12. The van der Waals surface area contributed by atoms with Crippen LogP contribution in [0.5, 0.6) is 0 Å². The van der Waals surface area contributed by atoms with Crippen molar-refractivity contribution in [2.24, 2.45) is 10.1 Å². The smallest absolute Gasteiger partial charge is 0.260 e. The summed E-state index contributed by atoms with van der Waals surface area (Å²) >= 11 is 6.10. The van der Waals surface area contributed by atoms with Crippen molar-refractivity contribution in [3.05, 3.63) is 64.2 Å². The third-order valence-electron chi connectivity index (χ3n) is 4.01. The average Bonchev–Trinajstić information content (AvgIpc) is 2.72. The minimum atomic E-state index is -0.722. The summed E-state index contributed by atoms with van der Waals surface area (Å²) in [4.78, 5) is 17.8. The molecule has 2 aliphatic rings. The number of hydrogen-bond acceptors (Lipinski definition) is 4. The van der Waals surface area contributed by atoms with E-state index in [9.17, 15) is 13.6 Å².